The highest BCUT2D eigenvalue weighted by Crippen LogP contribution is 2.36. The number of carbonyl (C=O) groups is 1. The van der Waals surface area contributed by atoms with Gasteiger partial charge in [0.05, 0.1) is 13.2 Å². The lowest BCUT2D eigenvalue weighted by atomic mass is 10.0. The summed E-state index contributed by atoms with van der Waals surface area (Å²) < 4.78 is 5.27. The Balaban J connectivity index is 1.78. The van der Waals surface area contributed by atoms with Crippen LogP contribution in [-0.4, -0.2) is 29.9 Å². The zero-order valence-corrected chi connectivity index (χ0v) is 16.0. The topological polar surface area (TPSA) is 45.3 Å². The van der Waals surface area contributed by atoms with Crippen LogP contribution in [0.3, 0.4) is 0 Å². The number of benzene rings is 2. The first kappa shape index (κ1) is 17.4. The third kappa shape index (κ3) is 3.22. The lowest BCUT2D eigenvalue weighted by Gasteiger charge is -2.28. The molecule has 0 aliphatic carbocycles. The number of para-hydroxylation sites is 1. The second-order valence-electron chi connectivity index (χ2n) is 6.36. The van der Waals surface area contributed by atoms with Gasteiger partial charge in [0.25, 0.3) is 5.91 Å². The molecule has 0 radical (unpaired) electrons. The Morgan fingerprint density at radius 3 is 2.74 bits per heavy atom. The lowest BCUT2D eigenvalue weighted by molar-refractivity contribution is 0.0757. The van der Waals surface area contributed by atoms with Crippen LogP contribution in [-0.2, 0) is 0 Å². The highest BCUT2D eigenvalue weighted by Gasteiger charge is 2.27. The molecule has 27 heavy (non-hydrogen) atoms. The molecule has 0 aliphatic rings. The summed E-state index contributed by atoms with van der Waals surface area (Å²) in [6.45, 7) is 0. The number of aromatic amines is 1. The quantitative estimate of drug-likeness (QED) is 0.527. The standard InChI is InChI=1S/C22H20N2O2S/c1-24(22(25)15-7-5-8-16(13-15)26-2)21(20-11-6-12-27-20)18-14-23-19-10-4-3-9-17(18)19/h3-14,21,23H,1-2H3. The smallest absolute Gasteiger partial charge is 0.254 e. The highest BCUT2D eigenvalue weighted by atomic mass is 32.1. The summed E-state index contributed by atoms with van der Waals surface area (Å²) in [5.74, 6) is 0.631. The van der Waals surface area contributed by atoms with Gasteiger partial charge in [-0.05, 0) is 35.7 Å². The number of carbonyl (C=O) groups excluding carboxylic acids is 1. The first-order valence-corrected chi connectivity index (χ1v) is 9.57. The number of H-pyrrole nitrogens is 1. The number of rotatable bonds is 5. The second-order valence-corrected chi connectivity index (χ2v) is 7.33. The van der Waals surface area contributed by atoms with Gasteiger partial charge in [0, 0.05) is 40.2 Å². The predicted molar refractivity (Wildman–Crippen MR) is 110 cm³/mol. The molecule has 1 unspecified atom stereocenters. The van der Waals surface area contributed by atoms with Crippen molar-refractivity contribution >= 4 is 28.1 Å². The molecule has 1 amide bonds. The van der Waals surface area contributed by atoms with E-state index in [2.05, 4.69) is 17.1 Å². The minimum Gasteiger partial charge on any atom is -0.497 e. The van der Waals surface area contributed by atoms with Gasteiger partial charge in [-0.2, -0.15) is 0 Å². The molecule has 0 saturated carbocycles. The Morgan fingerprint density at radius 2 is 1.96 bits per heavy atom. The van der Waals surface area contributed by atoms with E-state index in [0.717, 1.165) is 21.3 Å². The van der Waals surface area contributed by atoms with E-state index in [1.54, 1.807) is 29.4 Å². The Bertz CT molecular complexity index is 1070. The second kappa shape index (κ2) is 7.29. The average Bonchev–Trinajstić information content (AvgIpc) is 3.38. The molecular formula is C22H20N2O2S. The molecule has 4 nitrogen and oxygen atoms in total. The van der Waals surface area contributed by atoms with Gasteiger partial charge in [0.15, 0.2) is 0 Å². The molecule has 0 aliphatic heterocycles. The molecule has 4 rings (SSSR count). The fourth-order valence-corrected chi connectivity index (χ4v) is 4.28. The fraction of sp³-hybridized carbons (Fsp3) is 0.136. The van der Waals surface area contributed by atoms with E-state index >= 15 is 0 Å². The molecule has 1 atom stereocenters. The fourth-order valence-electron chi connectivity index (χ4n) is 3.40. The molecule has 2 aromatic heterocycles. The molecule has 0 saturated heterocycles. The van der Waals surface area contributed by atoms with Crippen molar-refractivity contribution in [2.75, 3.05) is 14.2 Å². The maximum absolute atomic E-state index is 13.2. The summed E-state index contributed by atoms with van der Waals surface area (Å²) >= 11 is 1.65. The Kier molecular flexibility index (Phi) is 4.69. The van der Waals surface area contributed by atoms with Crippen LogP contribution in [0.5, 0.6) is 5.75 Å². The SMILES string of the molecule is COc1cccc(C(=O)N(C)C(c2cccs2)c2c[nH]c3ccccc23)c1. The minimum absolute atomic E-state index is 0.0439. The highest BCUT2D eigenvalue weighted by molar-refractivity contribution is 7.10. The number of aromatic nitrogens is 1. The third-order valence-electron chi connectivity index (χ3n) is 4.75. The van der Waals surface area contributed by atoms with E-state index in [9.17, 15) is 4.79 Å². The maximum atomic E-state index is 13.2. The number of hydrogen-bond acceptors (Lipinski definition) is 3. The van der Waals surface area contributed by atoms with Gasteiger partial charge in [0.1, 0.15) is 5.75 Å². The van der Waals surface area contributed by atoms with Gasteiger partial charge in [-0.25, -0.2) is 0 Å². The minimum atomic E-state index is -0.167. The van der Waals surface area contributed by atoms with Gasteiger partial charge >= 0.3 is 0 Å². The van der Waals surface area contributed by atoms with Crippen LogP contribution in [0.2, 0.25) is 0 Å². The van der Waals surface area contributed by atoms with Crippen molar-refractivity contribution in [1.29, 1.82) is 0 Å². The first-order chi connectivity index (χ1) is 13.2. The van der Waals surface area contributed by atoms with Crippen molar-refractivity contribution in [2.45, 2.75) is 6.04 Å². The van der Waals surface area contributed by atoms with E-state index in [-0.39, 0.29) is 11.9 Å². The molecule has 136 valence electrons. The molecule has 5 heteroatoms. The van der Waals surface area contributed by atoms with Crippen LogP contribution in [0.15, 0.2) is 72.2 Å². The molecule has 4 aromatic rings. The zero-order valence-electron chi connectivity index (χ0n) is 15.2. The van der Waals surface area contributed by atoms with Crippen molar-refractivity contribution in [2.24, 2.45) is 0 Å². The molecule has 1 N–H and O–H groups in total. The lowest BCUT2D eigenvalue weighted by Crippen LogP contribution is -2.31. The van der Waals surface area contributed by atoms with Gasteiger partial charge in [-0.1, -0.05) is 30.3 Å². The summed E-state index contributed by atoms with van der Waals surface area (Å²) in [5.41, 5.74) is 2.77. The van der Waals surface area contributed by atoms with Crippen molar-refractivity contribution in [3.05, 3.63) is 88.2 Å². The summed E-state index contributed by atoms with van der Waals surface area (Å²) in [4.78, 5) is 19.5. The van der Waals surface area contributed by atoms with E-state index in [1.165, 1.54) is 0 Å². The van der Waals surface area contributed by atoms with Crippen molar-refractivity contribution in [3.8, 4) is 5.75 Å². The van der Waals surface area contributed by atoms with Crippen LogP contribution in [0.4, 0.5) is 0 Å². The Labute approximate surface area is 162 Å². The molecular weight excluding hydrogens is 356 g/mol. The molecule has 0 fully saturated rings. The molecule has 0 spiro atoms. The van der Waals surface area contributed by atoms with Gasteiger partial charge in [0.2, 0.25) is 0 Å². The van der Waals surface area contributed by atoms with Crippen molar-refractivity contribution < 1.29 is 9.53 Å². The normalized spacial score (nSPS) is 12.1. The number of thiophene rings is 1. The number of ether oxygens (including phenoxy) is 1. The summed E-state index contributed by atoms with van der Waals surface area (Å²) in [6, 6.07) is 19.4. The van der Waals surface area contributed by atoms with Gasteiger partial charge < -0.3 is 14.6 Å². The van der Waals surface area contributed by atoms with Crippen LogP contribution >= 0.6 is 11.3 Å². The largest absolute Gasteiger partial charge is 0.497 e. The van der Waals surface area contributed by atoms with Crippen LogP contribution < -0.4 is 4.74 Å². The number of nitrogens with one attached hydrogen (secondary N) is 1. The molecule has 2 heterocycles. The van der Waals surface area contributed by atoms with E-state index in [0.29, 0.717) is 11.3 Å². The Hall–Kier alpha value is -3.05. The van der Waals surface area contributed by atoms with Crippen molar-refractivity contribution in [1.82, 2.24) is 9.88 Å². The third-order valence-corrected chi connectivity index (χ3v) is 5.68. The van der Waals surface area contributed by atoms with Crippen LogP contribution in [0.1, 0.15) is 26.8 Å². The van der Waals surface area contributed by atoms with E-state index < -0.39 is 0 Å². The number of methoxy groups -OCH3 is 1. The predicted octanol–water partition coefficient (Wildman–Crippen LogP) is 5.10. The van der Waals surface area contributed by atoms with E-state index in [1.807, 2.05) is 61.1 Å². The summed E-state index contributed by atoms with van der Waals surface area (Å²) in [5, 5.41) is 3.17. The summed E-state index contributed by atoms with van der Waals surface area (Å²) in [7, 11) is 3.46. The van der Waals surface area contributed by atoms with E-state index in [4.69, 9.17) is 4.74 Å². The first-order valence-electron chi connectivity index (χ1n) is 8.69. The number of amides is 1. The van der Waals surface area contributed by atoms with Crippen molar-refractivity contribution in [3.63, 3.8) is 0 Å². The average molecular weight is 376 g/mol. The number of hydrogen-bond donors (Lipinski definition) is 1. The van der Waals surface area contributed by atoms with Crippen LogP contribution in [0.25, 0.3) is 10.9 Å². The van der Waals surface area contributed by atoms with Gasteiger partial charge in [-0.15, -0.1) is 11.3 Å². The Morgan fingerprint density at radius 1 is 1.11 bits per heavy atom. The van der Waals surface area contributed by atoms with Gasteiger partial charge in [-0.3, -0.25) is 4.79 Å². The maximum Gasteiger partial charge on any atom is 0.254 e. The summed E-state index contributed by atoms with van der Waals surface area (Å²) in [6.07, 6.45) is 2.00. The zero-order chi connectivity index (χ0) is 18.8. The molecule has 2 aromatic carbocycles. The molecule has 0 bridgehead atoms. The number of nitrogens with zero attached hydrogens (tertiary/aromatic N) is 1. The van der Waals surface area contributed by atoms with Crippen LogP contribution in [0, 0.1) is 0 Å². The number of fused-ring (bicyclic) bond motifs is 1. The monoisotopic (exact) mass is 376 g/mol.